The molecule has 0 bridgehead atoms. The summed E-state index contributed by atoms with van der Waals surface area (Å²) in [5.74, 6) is -3.93. The molecule has 2 rings (SSSR count). The highest BCUT2D eigenvalue weighted by atomic mass is 32.2. The summed E-state index contributed by atoms with van der Waals surface area (Å²) in [5, 5.41) is 0. The number of carbonyl (C=O) groups is 1. The van der Waals surface area contributed by atoms with Crippen molar-refractivity contribution in [1.29, 1.82) is 0 Å². The van der Waals surface area contributed by atoms with Crippen LogP contribution in [0.3, 0.4) is 0 Å². The van der Waals surface area contributed by atoms with Crippen LogP contribution in [0.1, 0.15) is 37.2 Å². The molecular formula is C15H14F4N2O6S. The van der Waals surface area contributed by atoms with Crippen LogP contribution < -0.4 is 9.61 Å². The van der Waals surface area contributed by atoms with Gasteiger partial charge in [0.15, 0.2) is 5.82 Å². The minimum absolute atomic E-state index is 0.0625. The Hall–Kier alpha value is -2.70. The van der Waals surface area contributed by atoms with Crippen LogP contribution in [0.25, 0.3) is 11.0 Å². The quantitative estimate of drug-likeness (QED) is 0.313. The molecule has 0 N–H and O–H groups in total. The highest BCUT2D eigenvalue weighted by Crippen LogP contribution is 2.33. The monoisotopic (exact) mass is 426 g/mol. The molecule has 0 amide bonds. The molecule has 0 fully saturated rings. The molecule has 0 unspecified atom stereocenters. The van der Waals surface area contributed by atoms with E-state index in [1.807, 2.05) is 0 Å². The Morgan fingerprint density at radius 1 is 1.32 bits per heavy atom. The van der Waals surface area contributed by atoms with Gasteiger partial charge in [-0.3, -0.25) is 4.79 Å². The first-order chi connectivity index (χ1) is 12.8. The van der Waals surface area contributed by atoms with Gasteiger partial charge in [0, 0.05) is 12.2 Å². The average molecular weight is 426 g/mol. The Labute approximate surface area is 155 Å². The van der Waals surface area contributed by atoms with Gasteiger partial charge in [-0.05, 0) is 20.8 Å². The van der Waals surface area contributed by atoms with Crippen molar-refractivity contribution >= 4 is 27.1 Å². The van der Waals surface area contributed by atoms with Crippen LogP contribution in [-0.4, -0.2) is 36.1 Å². The zero-order chi connectivity index (χ0) is 21.4. The number of esters is 1. The van der Waals surface area contributed by atoms with E-state index in [0.717, 1.165) is 10.8 Å². The van der Waals surface area contributed by atoms with Gasteiger partial charge in [-0.1, -0.05) is 0 Å². The molecule has 0 saturated carbocycles. The van der Waals surface area contributed by atoms with Crippen LogP contribution in [-0.2, 0) is 14.9 Å². The number of rotatable bonds is 5. The maximum atomic E-state index is 14.2. The van der Waals surface area contributed by atoms with Crippen LogP contribution >= 0.6 is 0 Å². The number of aromatic nitrogens is 2. The van der Waals surface area contributed by atoms with Gasteiger partial charge in [-0.25, -0.2) is 14.2 Å². The van der Waals surface area contributed by atoms with E-state index in [2.05, 4.69) is 9.17 Å². The molecule has 0 aliphatic rings. The normalized spacial score (nSPS) is 12.4. The number of fused-ring (bicyclic) bond motifs is 1. The van der Waals surface area contributed by atoms with Gasteiger partial charge in [0.1, 0.15) is 16.6 Å². The lowest BCUT2D eigenvalue weighted by Gasteiger charge is -2.19. The van der Waals surface area contributed by atoms with Crippen molar-refractivity contribution in [3.8, 4) is 5.75 Å². The summed E-state index contributed by atoms with van der Waals surface area (Å²) < 4.78 is 84.6. The third kappa shape index (κ3) is 3.79. The second-order valence-electron chi connectivity index (χ2n) is 5.71. The number of ether oxygens (including phenoxy) is 1. The van der Waals surface area contributed by atoms with Crippen LogP contribution in [0.2, 0.25) is 0 Å². The number of nitrogens with zero attached hydrogens (tertiary/aromatic N) is 2. The Bertz CT molecular complexity index is 1090. The van der Waals surface area contributed by atoms with Gasteiger partial charge in [-0.15, -0.1) is 0 Å². The summed E-state index contributed by atoms with van der Waals surface area (Å²) >= 11 is 0. The molecule has 2 aromatic rings. The molecule has 154 valence electrons. The second-order valence-corrected chi connectivity index (χ2v) is 7.25. The van der Waals surface area contributed by atoms with E-state index in [1.165, 1.54) is 20.8 Å². The van der Waals surface area contributed by atoms with Gasteiger partial charge < -0.3 is 13.5 Å². The molecule has 0 radical (unpaired) electrons. The zero-order valence-corrected chi connectivity index (χ0v) is 15.5. The fraction of sp³-hybridized carbons (Fsp3) is 0.400. The smallest absolute Gasteiger partial charge is 0.462 e. The first kappa shape index (κ1) is 21.6. The number of hydrogen-bond donors (Lipinski definition) is 0. The average Bonchev–Trinajstić information content (AvgIpc) is 2.56. The number of carbonyl (C=O) groups excluding carboxylic acids is 1. The van der Waals surface area contributed by atoms with Gasteiger partial charge >= 0.3 is 21.6 Å². The first-order valence-electron chi connectivity index (χ1n) is 7.73. The predicted molar refractivity (Wildman–Crippen MR) is 87.9 cm³/mol. The maximum absolute atomic E-state index is 14.2. The minimum Gasteiger partial charge on any atom is -0.462 e. The summed E-state index contributed by atoms with van der Waals surface area (Å²) in [7, 11) is -6.23. The molecule has 0 atom stereocenters. The second kappa shape index (κ2) is 7.37. The molecule has 2 heterocycles. The van der Waals surface area contributed by atoms with E-state index in [4.69, 9.17) is 4.74 Å². The Morgan fingerprint density at radius 2 is 1.93 bits per heavy atom. The van der Waals surface area contributed by atoms with Gasteiger partial charge in [0.2, 0.25) is 11.2 Å². The fourth-order valence-corrected chi connectivity index (χ4v) is 2.73. The van der Waals surface area contributed by atoms with Crippen LogP contribution in [0.4, 0.5) is 17.6 Å². The van der Waals surface area contributed by atoms with Gasteiger partial charge in [0.05, 0.1) is 12.8 Å². The predicted octanol–water partition coefficient (Wildman–Crippen LogP) is 2.52. The summed E-state index contributed by atoms with van der Waals surface area (Å²) in [4.78, 5) is 28.0. The Morgan fingerprint density at radius 3 is 2.43 bits per heavy atom. The Kier molecular flexibility index (Phi) is 5.69. The van der Waals surface area contributed by atoms with E-state index in [1.54, 1.807) is 0 Å². The van der Waals surface area contributed by atoms with E-state index in [0.29, 0.717) is 6.20 Å². The van der Waals surface area contributed by atoms with E-state index in [-0.39, 0.29) is 6.61 Å². The SMILES string of the molecule is CCOC(=O)c1cn(C(C)C)c2c(OS(=O)(=O)C(F)(F)F)c(F)cnc2c1=O. The van der Waals surface area contributed by atoms with Crippen molar-refractivity contribution in [2.24, 2.45) is 0 Å². The number of halogens is 4. The van der Waals surface area contributed by atoms with Crippen molar-refractivity contribution in [2.75, 3.05) is 6.61 Å². The summed E-state index contributed by atoms with van der Waals surface area (Å²) in [5.41, 5.74) is -8.73. The molecule has 28 heavy (non-hydrogen) atoms. The summed E-state index contributed by atoms with van der Waals surface area (Å²) in [6, 6.07) is -0.657. The van der Waals surface area contributed by atoms with Crippen molar-refractivity contribution < 1.29 is 39.7 Å². The van der Waals surface area contributed by atoms with Gasteiger partial charge in [0.25, 0.3) is 0 Å². The van der Waals surface area contributed by atoms with Crippen LogP contribution in [0.5, 0.6) is 5.75 Å². The molecule has 2 aromatic heterocycles. The molecule has 0 saturated heterocycles. The summed E-state index contributed by atoms with van der Waals surface area (Å²) in [6.07, 6.45) is 1.24. The first-order valence-corrected chi connectivity index (χ1v) is 9.13. The molecule has 0 aromatic carbocycles. The molecule has 0 spiro atoms. The zero-order valence-electron chi connectivity index (χ0n) is 14.7. The molecular weight excluding hydrogens is 412 g/mol. The lowest BCUT2D eigenvalue weighted by Crippen LogP contribution is -2.29. The third-order valence-electron chi connectivity index (χ3n) is 3.48. The largest absolute Gasteiger partial charge is 0.534 e. The molecule has 13 heteroatoms. The van der Waals surface area contributed by atoms with Crippen molar-refractivity contribution in [2.45, 2.75) is 32.3 Å². The van der Waals surface area contributed by atoms with Crippen molar-refractivity contribution in [3.05, 3.63) is 34.0 Å². The van der Waals surface area contributed by atoms with E-state index < -0.39 is 61.2 Å². The maximum Gasteiger partial charge on any atom is 0.534 e. The lowest BCUT2D eigenvalue weighted by atomic mass is 10.2. The highest BCUT2D eigenvalue weighted by molar-refractivity contribution is 7.88. The minimum atomic E-state index is -6.23. The molecule has 0 aliphatic heterocycles. The number of alkyl halides is 3. The number of pyridine rings is 2. The topological polar surface area (TPSA) is 105 Å². The van der Waals surface area contributed by atoms with Crippen LogP contribution in [0.15, 0.2) is 17.2 Å². The van der Waals surface area contributed by atoms with Crippen molar-refractivity contribution in [3.63, 3.8) is 0 Å². The fourth-order valence-electron chi connectivity index (χ4n) is 2.25. The van der Waals surface area contributed by atoms with E-state index in [9.17, 15) is 35.6 Å². The third-order valence-corrected chi connectivity index (χ3v) is 4.43. The standard InChI is InChI=1S/C15H14F4N2O6S/c1-4-26-14(23)8-6-21(7(2)3)11-10(12(8)22)20-5-9(16)13(11)27-28(24,25)15(17,18)19/h5-7H,4H2,1-3H3. The van der Waals surface area contributed by atoms with E-state index >= 15 is 0 Å². The van der Waals surface area contributed by atoms with Crippen LogP contribution in [0, 0.1) is 5.82 Å². The lowest BCUT2D eigenvalue weighted by molar-refractivity contribution is -0.0500. The van der Waals surface area contributed by atoms with Crippen molar-refractivity contribution in [1.82, 2.24) is 9.55 Å². The number of hydrogen-bond acceptors (Lipinski definition) is 7. The summed E-state index contributed by atoms with van der Waals surface area (Å²) in [6.45, 7) is 4.41. The molecule has 8 nitrogen and oxygen atoms in total. The molecule has 0 aliphatic carbocycles. The van der Waals surface area contributed by atoms with Gasteiger partial charge in [-0.2, -0.15) is 21.6 Å². The Balaban J connectivity index is 2.91. The highest BCUT2D eigenvalue weighted by Gasteiger charge is 2.49.